The van der Waals surface area contributed by atoms with Crippen LogP contribution < -0.4 is 0 Å². The second-order valence-electron chi connectivity index (χ2n) is 2.76. The van der Waals surface area contributed by atoms with Crippen molar-refractivity contribution >= 4 is 5.97 Å². The predicted molar refractivity (Wildman–Crippen MR) is 47.5 cm³/mol. The number of aryl methyl sites for hydroxylation is 1. The molecule has 1 rings (SSSR count). The van der Waals surface area contributed by atoms with E-state index in [2.05, 4.69) is 0 Å². The van der Waals surface area contributed by atoms with Gasteiger partial charge in [0.05, 0.1) is 11.1 Å². The first-order valence-corrected chi connectivity index (χ1v) is 4.06. The fraction of sp³-hybridized carbons (Fsp3) is 0.200. The van der Waals surface area contributed by atoms with Gasteiger partial charge in [0.25, 0.3) is 0 Å². The summed E-state index contributed by atoms with van der Waals surface area (Å²) in [6.07, 6.45) is 0.401. The van der Waals surface area contributed by atoms with E-state index in [4.69, 9.17) is 10.4 Å². The van der Waals surface area contributed by atoms with Crippen molar-refractivity contribution in [3.63, 3.8) is 0 Å². The summed E-state index contributed by atoms with van der Waals surface area (Å²) in [5, 5.41) is 17.3. The molecule has 0 bridgehead atoms. The Morgan fingerprint density at radius 2 is 2.29 bits per heavy atom. The smallest absolute Gasteiger partial charge is 0.337 e. The van der Waals surface area contributed by atoms with Gasteiger partial charge in [-0.25, -0.2) is 9.18 Å². The van der Waals surface area contributed by atoms with E-state index in [1.165, 1.54) is 6.07 Å². The van der Waals surface area contributed by atoms with Crippen molar-refractivity contribution in [1.29, 1.82) is 5.26 Å². The number of nitrogens with zero attached hydrogens (tertiary/aromatic N) is 1. The fourth-order valence-corrected chi connectivity index (χ4v) is 1.16. The first-order chi connectivity index (χ1) is 6.60. The molecule has 3 nitrogen and oxygen atoms in total. The molecule has 0 spiro atoms. The highest BCUT2D eigenvalue weighted by Crippen LogP contribution is 2.16. The summed E-state index contributed by atoms with van der Waals surface area (Å²) in [6.45, 7) is 1.72. The van der Waals surface area contributed by atoms with E-state index >= 15 is 0 Å². The van der Waals surface area contributed by atoms with E-state index in [1.54, 1.807) is 13.0 Å². The lowest BCUT2D eigenvalue weighted by molar-refractivity contribution is 0.0696. The first-order valence-electron chi connectivity index (χ1n) is 4.06. The number of rotatable bonds is 2. The SMILES string of the molecule is CCc1cc(C(=O)O)c(C#N)cc1F. The van der Waals surface area contributed by atoms with Gasteiger partial charge in [-0.3, -0.25) is 0 Å². The van der Waals surface area contributed by atoms with Crippen molar-refractivity contribution < 1.29 is 14.3 Å². The lowest BCUT2D eigenvalue weighted by atomic mass is 10.0. The van der Waals surface area contributed by atoms with Gasteiger partial charge in [0, 0.05) is 0 Å². The third-order valence-electron chi connectivity index (χ3n) is 1.92. The summed E-state index contributed by atoms with van der Waals surface area (Å²) in [5.74, 6) is -1.75. The second kappa shape index (κ2) is 3.88. The molecule has 0 aliphatic heterocycles. The van der Waals surface area contributed by atoms with E-state index in [9.17, 15) is 9.18 Å². The van der Waals surface area contributed by atoms with Gasteiger partial charge < -0.3 is 5.11 Å². The Kier molecular flexibility index (Phi) is 2.82. The molecule has 0 radical (unpaired) electrons. The summed E-state index contributed by atoms with van der Waals surface area (Å²) in [4.78, 5) is 10.7. The van der Waals surface area contributed by atoms with Crippen LogP contribution >= 0.6 is 0 Å². The minimum absolute atomic E-state index is 0.146. The quantitative estimate of drug-likeness (QED) is 0.780. The lowest BCUT2D eigenvalue weighted by Crippen LogP contribution is -2.03. The average molecular weight is 193 g/mol. The number of nitriles is 1. The number of carboxylic acids is 1. The minimum Gasteiger partial charge on any atom is -0.478 e. The Morgan fingerprint density at radius 3 is 2.71 bits per heavy atom. The largest absolute Gasteiger partial charge is 0.478 e. The second-order valence-corrected chi connectivity index (χ2v) is 2.76. The van der Waals surface area contributed by atoms with Gasteiger partial charge in [0.1, 0.15) is 11.9 Å². The first kappa shape index (κ1) is 10.2. The van der Waals surface area contributed by atoms with Crippen molar-refractivity contribution in [3.8, 4) is 6.07 Å². The number of halogens is 1. The molecule has 0 aromatic heterocycles. The van der Waals surface area contributed by atoms with Crippen LogP contribution in [0.25, 0.3) is 0 Å². The zero-order valence-corrected chi connectivity index (χ0v) is 7.54. The number of carbonyl (C=O) groups is 1. The Hall–Kier alpha value is -1.89. The molecule has 1 N–H and O–H groups in total. The topological polar surface area (TPSA) is 61.1 Å². The molecule has 0 aliphatic carbocycles. The number of aromatic carboxylic acids is 1. The third kappa shape index (κ3) is 1.72. The molecule has 0 atom stereocenters. The molecular formula is C10H8FNO2. The van der Waals surface area contributed by atoms with Crippen LogP contribution in [-0.4, -0.2) is 11.1 Å². The van der Waals surface area contributed by atoms with E-state index < -0.39 is 11.8 Å². The number of carboxylic acid groups (broad SMARTS) is 1. The Balaban J connectivity index is 3.42. The summed E-state index contributed by atoms with van der Waals surface area (Å²) in [5.41, 5.74) is 0.0133. The molecule has 1 aromatic carbocycles. The van der Waals surface area contributed by atoms with Gasteiger partial charge in [0.15, 0.2) is 0 Å². The Morgan fingerprint density at radius 1 is 1.64 bits per heavy atom. The maximum absolute atomic E-state index is 13.1. The molecule has 0 aliphatic rings. The van der Waals surface area contributed by atoms with Crippen molar-refractivity contribution in [2.75, 3.05) is 0 Å². The molecular weight excluding hydrogens is 185 g/mol. The van der Waals surface area contributed by atoms with Gasteiger partial charge in [-0.2, -0.15) is 5.26 Å². The monoisotopic (exact) mass is 193 g/mol. The summed E-state index contributed by atoms with van der Waals surface area (Å²) in [7, 11) is 0. The fourth-order valence-electron chi connectivity index (χ4n) is 1.16. The van der Waals surface area contributed by atoms with Crippen molar-refractivity contribution in [1.82, 2.24) is 0 Å². The molecule has 72 valence electrons. The molecule has 4 heteroatoms. The van der Waals surface area contributed by atoms with Crippen LogP contribution in [0.15, 0.2) is 12.1 Å². The van der Waals surface area contributed by atoms with Crippen molar-refractivity contribution in [3.05, 3.63) is 34.6 Å². The molecule has 14 heavy (non-hydrogen) atoms. The highest BCUT2D eigenvalue weighted by Gasteiger charge is 2.13. The number of hydrogen-bond donors (Lipinski definition) is 1. The van der Waals surface area contributed by atoms with Crippen LogP contribution in [0.1, 0.15) is 28.4 Å². The lowest BCUT2D eigenvalue weighted by Gasteiger charge is -2.03. The molecule has 0 heterocycles. The summed E-state index contributed by atoms with van der Waals surface area (Å²) < 4.78 is 13.1. The molecule has 0 unspecified atom stereocenters. The summed E-state index contributed by atoms with van der Waals surface area (Å²) >= 11 is 0. The van der Waals surface area contributed by atoms with Gasteiger partial charge in [-0.1, -0.05) is 6.92 Å². The number of hydrogen-bond acceptors (Lipinski definition) is 2. The maximum atomic E-state index is 13.1. The van der Waals surface area contributed by atoms with Crippen molar-refractivity contribution in [2.45, 2.75) is 13.3 Å². The third-order valence-corrected chi connectivity index (χ3v) is 1.92. The van der Waals surface area contributed by atoms with Gasteiger partial charge >= 0.3 is 5.97 Å². The van der Waals surface area contributed by atoms with Gasteiger partial charge in [-0.15, -0.1) is 0 Å². The van der Waals surface area contributed by atoms with Crippen LogP contribution in [0, 0.1) is 17.1 Å². The normalized spacial score (nSPS) is 9.50. The Labute approximate surface area is 80.4 Å². The minimum atomic E-state index is -1.21. The average Bonchev–Trinajstić information content (AvgIpc) is 2.16. The van der Waals surface area contributed by atoms with E-state index in [-0.39, 0.29) is 11.1 Å². The van der Waals surface area contributed by atoms with Crippen LogP contribution in [0.4, 0.5) is 4.39 Å². The molecule has 0 amide bonds. The zero-order chi connectivity index (χ0) is 10.7. The Bertz CT molecular complexity index is 421. The van der Waals surface area contributed by atoms with E-state index in [0.717, 1.165) is 6.07 Å². The van der Waals surface area contributed by atoms with Crippen LogP contribution in [0.5, 0.6) is 0 Å². The van der Waals surface area contributed by atoms with Gasteiger partial charge in [0.2, 0.25) is 0 Å². The zero-order valence-electron chi connectivity index (χ0n) is 7.54. The highest BCUT2D eigenvalue weighted by atomic mass is 19.1. The molecule has 0 saturated carbocycles. The molecule has 0 saturated heterocycles. The van der Waals surface area contributed by atoms with Crippen LogP contribution in [-0.2, 0) is 6.42 Å². The predicted octanol–water partition coefficient (Wildman–Crippen LogP) is 1.96. The van der Waals surface area contributed by atoms with Gasteiger partial charge in [-0.05, 0) is 24.1 Å². The van der Waals surface area contributed by atoms with E-state index in [0.29, 0.717) is 12.0 Å². The summed E-state index contributed by atoms with van der Waals surface area (Å²) in [6, 6.07) is 3.81. The standard InChI is InChI=1S/C10H8FNO2/c1-2-6-3-8(10(13)14)7(5-12)4-9(6)11/h3-4H,2H2,1H3,(H,13,14). The van der Waals surface area contributed by atoms with E-state index in [1.807, 2.05) is 0 Å². The molecule has 0 fully saturated rings. The maximum Gasteiger partial charge on any atom is 0.337 e. The van der Waals surface area contributed by atoms with Crippen LogP contribution in [0.3, 0.4) is 0 Å². The molecule has 1 aromatic rings. The van der Waals surface area contributed by atoms with Crippen LogP contribution in [0.2, 0.25) is 0 Å². The highest BCUT2D eigenvalue weighted by molar-refractivity contribution is 5.90. The number of benzene rings is 1. The van der Waals surface area contributed by atoms with Crippen molar-refractivity contribution in [2.24, 2.45) is 0 Å².